The Balaban J connectivity index is 2.31. The number of hydrogen-bond donors (Lipinski definition) is 4. The molecule has 0 aromatic carbocycles. The number of nitrogens with one attached hydrogen (secondary N) is 3. The summed E-state index contributed by atoms with van der Waals surface area (Å²) in [7, 11) is 0. The number of alkyl halides is 2. The quantitative estimate of drug-likeness (QED) is 0.537. The van der Waals surface area contributed by atoms with Crippen molar-refractivity contribution in [2.45, 2.75) is 40.0 Å². The van der Waals surface area contributed by atoms with Crippen LogP contribution in [-0.2, 0) is 0 Å². The van der Waals surface area contributed by atoms with Gasteiger partial charge < -0.3 is 31.5 Å². The van der Waals surface area contributed by atoms with Crippen LogP contribution in [0.1, 0.15) is 34.1 Å². The number of aromatic nitrogens is 2. The van der Waals surface area contributed by atoms with Gasteiger partial charge >= 0.3 is 6.01 Å². The zero-order valence-electron chi connectivity index (χ0n) is 16.1. The first kappa shape index (κ1) is 20.8. The summed E-state index contributed by atoms with van der Waals surface area (Å²) in [6, 6.07) is 0.0324. The largest absolute Gasteiger partial charge is 0.463 e. The Labute approximate surface area is 157 Å². The van der Waals surface area contributed by atoms with E-state index >= 15 is 0 Å². The molecule has 8 nitrogen and oxygen atoms in total. The maximum Gasteiger partial charge on any atom is 0.320 e. The number of halogens is 2. The predicted molar refractivity (Wildman–Crippen MR) is 103 cm³/mol. The lowest BCUT2D eigenvalue weighted by Gasteiger charge is -2.23. The number of nitrogens with two attached hydrogens (primary N) is 1. The molecule has 2 heterocycles. The van der Waals surface area contributed by atoms with Gasteiger partial charge in [0.2, 0.25) is 0 Å². The molecule has 0 spiro atoms. The lowest BCUT2D eigenvalue weighted by Crippen LogP contribution is -2.28. The molecule has 5 N–H and O–H groups in total. The van der Waals surface area contributed by atoms with Crippen molar-refractivity contribution in [3.8, 4) is 6.01 Å². The van der Waals surface area contributed by atoms with Crippen LogP contribution in [0.15, 0.2) is 0 Å². The lowest BCUT2D eigenvalue weighted by atomic mass is 9.99. The van der Waals surface area contributed by atoms with Crippen molar-refractivity contribution in [3.05, 3.63) is 0 Å². The average Bonchev–Trinajstić information content (AvgIpc) is 2.91. The van der Waals surface area contributed by atoms with Gasteiger partial charge in [-0.3, -0.25) is 0 Å². The predicted octanol–water partition coefficient (Wildman–Crippen LogP) is 2.80. The summed E-state index contributed by atoms with van der Waals surface area (Å²) in [5.41, 5.74) is 6.27. The van der Waals surface area contributed by atoms with Gasteiger partial charge in [0, 0.05) is 13.0 Å². The molecule has 0 unspecified atom stereocenters. The lowest BCUT2D eigenvalue weighted by molar-refractivity contribution is 0.0256. The third-order valence-corrected chi connectivity index (χ3v) is 3.89. The summed E-state index contributed by atoms with van der Waals surface area (Å²) in [6.07, 6.45) is -0.269. The molecule has 0 bridgehead atoms. The Bertz CT molecular complexity index is 731. The highest BCUT2D eigenvalue weighted by molar-refractivity contribution is 6.40. The maximum atomic E-state index is 13.6. The number of rotatable bonds is 7. The Morgan fingerprint density at radius 1 is 1.33 bits per heavy atom. The Kier molecular flexibility index (Phi) is 5.86. The minimum absolute atomic E-state index is 0.0324. The molecule has 1 aliphatic heterocycles. The van der Waals surface area contributed by atoms with Gasteiger partial charge in [0.15, 0.2) is 11.6 Å². The molecule has 2 rings (SSSR count). The molecule has 0 amide bonds. The van der Waals surface area contributed by atoms with Crippen LogP contribution in [0.4, 0.5) is 26.1 Å². The van der Waals surface area contributed by atoms with Crippen LogP contribution in [0.2, 0.25) is 0 Å². The van der Waals surface area contributed by atoms with Crippen molar-refractivity contribution in [3.63, 3.8) is 0 Å². The molecule has 0 aliphatic carbocycles. The van der Waals surface area contributed by atoms with Gasteiger partial charge in [-0.2, -0.15) is 9.97 Å². The Morgan fingerprint density at radius 3 is 2.52 bits per heavy atom. The highest BCUT2D eigenvalue weighted by atomic mass is 19.3. The number of ether oxygens (including phenoxy) is 1. The smallest absolute Gasteiger partial charge is 0.320 e. The monoisotopic (exact) mass is 383 g/mol. The molecule has 150 valence electrons. The van der Waals surface area contributed by atoms with Crippen LogP contribution < -0.4 is 20.7 Å². The van der Waals surface area contributed by atoms with E-state index in [1.807, 2.05) is 20.8 Å². The second kappa shape index (κ2) is 7.61. The van der Waals surface area contributed by atoms with Crippen LogP contribution in [-0.4, -0.2) is 53.6 Å². The number of nitrogen functional groups attached to an aromatic ring is 1. The van der Waals surface area contributed by atoms with E-state index in [0.717, 1.165) is 0 Å². The van der Waals surface area contributed by atoms with E-state index in [2.05, 4.69) is 15.3 Å². The van der Waals surface area contributed by atoms with Gasteiger partial charge in [0.25, 0.3) is 5.92 Å². The van der Waals surface area contributed by atoms with Crippen molar-refractivity contribution in [2.24, 2.45) is 5.41 Å². The third kappa shape index (κ3) is 5.73. The molecule has 0 atom stereocenters. The molecule has 1 fully saturated rings. The van der Waals surface area contributed by atoms with Gasteiger partial charge in [-0.1, -0.05) is 20.8 Å². The SMILES string of the molecule is CC(=N)C(=N)CNc1nc(OCC(C)(C)C)nc(N2CCC(F)(F)C2)c1N. The summed E-state index contributed by atoms with van der Waals surface area (Å²) >= 11 is 0. The molecule has 1 aromatic heterocycles. The average molecular weight is 383 g/mol. The number of anilines is 3. The molecule has 1 saturated heterocycles. The second-order valence-electron chi connectivity index (χ2n) is 7.93. The molecule has 0 saturated carbocycles. The van der Waals surface area contributed by atoms with E-state index < -0.39 is 12.5 Å². The minimum atomic E-state index is -2.79. The van der Waals surface area contributed by atoms with Gasteiger partial charge in [0.05, 0.1) is 31.1 Å². The van der Waals surface area contributed by atoms with Crippen molar-refractivity contribution >= 4 is 28.7 Å². The summed E-state index contributed by atoms with van der Waals surface area (Å²) in [5, 5.41) is 18.1. The minimum Gasteiger partial charge on any atom is -0.463 e. The van der Waals surface area contributed by atoms with Crippen LogP contribution >= 0.6 is 0 Å². The molecule has 1 aromatic rings. The van der Waals surface area contributed by atoms with E-state index in [1.54, 1.807) is 0 Å². The van der Waals surface area contributed by atoms with Crippen molar-refractivity contribution < 1.29 is 13.5 Å². The maximum absolute atomic E-state index is 13.6. The molecule has 0 radical (unpaired) electrons. The van der Waals surface area contributed by atoms with Crippen molar-refractivity contribution in [1.82, 2.24) is 9.97 Å². The first-order valence-corrected chi connectivity index (χ1v) is 8.68. The highest BCUT2D eigenvalue weighted by Gasteiger charge is 2.40. The van der Waals surface area contributed by atoms with Crippen LogP contribution in [0.3, 0.4) is 0 Å². The number of hydrogen-bond acceptors (Lipinski definition) is 8. The summed E-state index contributed by atoms with van der Waals surface area (Å²) in [4.78, 5) is 9.88. The summed E-state index contributed by atoms with van der Waals surface area (Å²) < 4.78 is 32.9. The number of nitrogens with zero attached hydrogens (tertiary/aromatic N) is 3. The molecule has 27 heavy (non-hydrogen) atoms. The molecular formula is C17H27F2N7O. The van der Waals surface area contributed by atoms with E-state index in [1.165, 1.54) is 11.8 Å². The van der Waals surface area contributed by atoms with Crippen LogP contribution in [0.5, 0.6) is 6.01 Å². The fourth-order valence-corrected chi connectivity index (χ4v) is 2.38. The Morgan fingerprint density at radius 2 is 2.00 bits per heavy atom. The fraction of sp³-hybridized carbons (Fsp3) is 0.647. The van der Waals surface area contributed by atoms with Gasteiger partial charge in [-0.05, 0) is 12.3 Å². The van der Waals surface area contributed by atoms with Gasteiger partial charge in [-0.25, -0.2) is 8.78 Å². The Hall–Kier alpha value is -2.52. The van der Waals surface area contributed by atoms with Gasteiger partial charge in [-0.15, -0.1) is 0 Å². The van der Waals surface area contributed by atoms with Crippen molar-refractivity contribution in [1.29, 1.82) is 10.8 Å². The molecule has 10 heteroatoms. The first-order chi connectivity index (χ1) is 12.4. The zero-order valence-corrected chi connectivity index (χ0v) is 16.1. The third-order valence-electron chi connectivity index (χ3n) is 3.89. The first-order valence-electron chi connectivity index (χ1n) is 8.68. The van der Waals surface area contributed by atoms with E-state index in [0.29, 0.717) is 6.61 Å². The topological polar surface area (TPSA) is 124 Å². The summed E-state index contributed by atoms with van der Waals surface area (Å²) in [5.74, 6) is -2.41. The van der Waals surface area contributed by atoms with E-state index in [4.69, 9.17) is 21.3 Å². The normalized spacial score (nSPS) is 16.3. The van der Waals surface area contributed by atoms with Crippen molar-refractivity contribution in [2.75, 3.05) is 42.2 Å². The van der Waals surface area contributed by atoms with E-state index in [-0.39, 0.29) is 59.7 Å². The molecular weight excluding hydrogens is 356 g/mol. The molecule has 1 aliphatic rings. The van der Waals surface area contributed by atoms with Crippen LogP contribution in [0, 0.1) is 16.2 Å². The standard InChI is InChI=1S/C17H27F2N7O/c1-10(20)11(21)7-23-13-12(22)14(26-6-5-17(18,19)8-26)25-15(24-13)27-9-16(2,3)4/h20-21H,5-9,22H2,1-4H3,(H,23,24,25). The van der Waals surface area contributed by atoms with Crippen LogP contribution in [0.25, 0.3) is 0 Å². The second-order valence-corrected chi connectivity index (χ2v) is 7.93. The van der Waals surface area contributed by atoms with E-state index in [9.17, 15) is 8.78 Å². The highest BCUT2D eigenvalue weighted by Crippen LogP contribution is 2.36. The van der Waals surface area contributed by atoms with Gasteiger partial charge in [0.1, 0.15) is 5.69 Å². The zero-order chi connectivity index (χ0) is 20.4. The summed E-state index contributed by atoms with van der Waals surface area (Å²) in [6.45, 7) is 7.48. The fourth-order valence-electron chi connectivity index (χ4n) is 2.38.